The second-order valence-corrected chi connectivity index (χ2v) is 1.60. The number of aliphatic hydroxyl groups is 2. The van der Waals surface area contributed by atoms with Crippen molar-refractivity contribution in [3.63, 3.8) is 0 Å². The first kappa shape index (κ1) is 10.8. The van der Waals surface area contributed by atoms with E-state index in [9.17, 15) is 0 Å². The molecule has 0 saturated carbocycles. The Hall–Kier alpha value is -0.0800. The van der Waals surface area contributed by atoms with Crippen LogP contribution in [0.25, 0.3) is 0 Å². The second kappa shape index (κ2) is 10.0. The minimum Gasteiger partial charge on any atom is -0.368 e. The van der Waals surface area contributed by atoms with Gasteiger partial charge in [0.1, 0.15) is 0 Å². The van der Waals surface area contributed by atoms with E-state index in [0.717, 1.165) is 0 Å². The van der Waals surface area contributed by atoms with Gasteiger partial charge in [0.2, 0.25) is 0 Å². The highest BCUT2D eigenvalue weighted by atomic mass is 16.5. The maximum atomic E-state index is 7.92. The lowest BCUT2D eigenvalue weighted by Crippen LogP contribution is -1.99. The van der Waals surface area contributed by atoms with E-state index in [-0.39, 0.29) is 0 Å². The maximum absolute atomic E-state index is 7.92. The summed E-state index contributed by atoms with van der Waals surface area (Å²) in [5, 5.41) is 15.8. The molecule has 0 aromatic carbocycles. The summed E-state index contributed by atoms with van der Waals surface area (Å²) in [7, 11) is 0. The van der Waals surface area contributed by atoms with E-state index in [1.807, 2.05) is 0 Å². The molecule has 0 saturated heterocycles. The van der Waals surface area contributed by atoms with Crippen LogP contribution in [-0.2, 0) is 0 Å². The van der Waals surface area contributed by atoms with E-state index in [0.29, 0.717) is 6.42 Å². The predicted molar refractivity (Wildman–Crippen MR) is 34.5 cm³/mol. The lowest BCUT2D eigenvalue weighted by molar-refractivity contribution is -0.0413. The topological polar surface area (TPSA) is 40.5 Å². The van der Waals surface area contributed by atoms with Gasteiger partial charge in [0.05, 0.1) is 0 Å². The van der Waals surface area contributed by atoms with Gasteiger partial charge in [-0.2, -0.15) is 0 Å². The molecule has 0 unspecified atom stereocenters. The fourth-order valence-electron chi connectivity index (χ4n) is 0. The average Bonchev–Trinajstić information content (AvgIpc) is 1.69. The standard InChI is InChI=1S/C3H8O2.C3H8/c1-2-3(4)5;1-3-2/h3-5H,2H2,1H3;3H2,1-2H3. The van der Waals surface area contributed by atoms with E-state index < -0.39 is 6.29 Å². The van der Waals surface area contributed by atoms with Crippen molar-refractivity contribution in [1.82, 2.24) is 0 Å². The highest BCUT2D eigenvalue weighted by Gasteiger charge is 1.83. The predicted octanol–water partition coefficient (Wildman–Crippen LogP) is 1.12. The van der Waals surface area contributed by atoms with Crippen LogP contribution in [0.4, 0.5) is 0 Å². The van der Waals surface area contributed by atoms with Gasteiger partial charge in [0, 0.05) is 0 Å². The Labute approximate surface area is 51.2 Å². The Balaban J connectivity index is 0. The molecular weight excluding hydrogens is 104 g/mol. The monoisotopic (exact) mass is 120 g/mol. The van der Waals surface area contributed by atoms with Crippen LogP contribution in [0.5, 0.6) is 0 Å². The van der Waals surface area contributed by atoms with Crippen LogP contribution < -0.4 is 0 Å². The molecule has 52 valence electrons. The summed E-state index contributed by atoms with van der Waals surface area (Å²) in [6, 6.07) is 0. The zero-order valence-electron chi connectivity index (χ0n) is 5.89. The summed E-state index contributed by atoms with van der Waals surface area (Å²) in [6.45, 7) is 5.95. The molecule has 2 nitrogen and oxygen atoms in total. The van der Waals surface area contributed by atoms with E-state index in [1.165, 1.54) is 6.42 Å². The Morgan fingerprint density at radius 1 is 1.12 bits per heavy atom. The van der Waals surface area contributed by atoms with Crippen LogP contribution in [0.15, 0.2) is 0 Å². The van der Waals surface area contributed by atoms with Gasteiger partial charge in [-0.1, -0.05) is 27.2 Å². The molecule has 0 amide bonds. The van der Waals surface area contributed by atoms with Crippen molar-refractivity contribution in [2.75, 3.05) is 0 Å². The molecule has 2 N–H and O–H groups in total. The van der Waals surface area contributed by atoms with Crippen LogP contribution in [0.1, 0.15) is 33.6 Å². The van der Waals surface area contributed by atoms with Crippen molar-refractivity contribution < 1.29 is 10.2 Å². The second-order valence-electron chi connectivity index (χ2n) is 1.60. The minimum atomic E-state index is -1.12. The van der Waals surface area contributed by atoms with Gasteiger partial charge in [0.25, 0.3) is 0 Å². The summed E-state index contributed by atoms with van der Waals surface area (Å²) >= 11 is 0. The molecule has 2 heteroatoms. The Kier molecular flexibility index (Phi) is 13.6. The number of rotatable bonds is 1. The van der Waals surface area contributed by atoms with Gasteiger partial charge in [-0.15, -0.1) is 0 Å². The Morgan fingerprint density at radius 3 is 1.25 bits per heavy atom. The maximum Gasteiger partial charge on any atom is 0.151 e. The van der Waals surface area contributed by atoms with E-state index in [2.05, 4.69) is 13.8 Å². The van der Waals surface area contributed by atoms with Crippen LogP contribution in [0.3, 0.4) is 0 Å². The fourth-order valence-corrected chi connectivity index (χ4v) is 0. The molecule has 0 atom stereocenters. The average molecular weight is 120 g/mol. The molecule has 0 aliphatic rings. The van der Waals surface area contributed by atoms with E-state index in [1.54, 1.807) is 6.92 Å². The van der Waals surface area contributed by atoms with Gasteiger partial charge < -0.3 is 10.2 Å². The summed E-state index contributed by atoms with van der Waals surface area (Å²) in [5.41, 5.74) is 0. The fraction of sp³-hybridized carbons (Fsp3) is 1.00. The lowest BCUT2D eigenvalue weighted by Gasteiger charge is -1.90. The summed E-state index contributed by atoms with van der Waals surface area (Å²) in [6.07, 6.45) is 0.551. The van der Waals surface area contributed by atoms with Gasteiger partial charge in [0.15, 0.2) is 6.29 Å². The molecular formula is C6H16O2. The number of aliphatic hydroxyl groups excluding tert-OH is 1. The lowest BCUT2D eigenvalue weighted by atomic mass is 10.5. The van der Waals surface area contributed by atoms with Crippen molar-refractivity contribution in [2.45, 2.75) is 39.9 Å². The van der Waals surface area contributed by atoms with Crippen molar-refractivity contribution in [3.8, 4) is 0 Å². The van der Waals surface area contributed by atoms with E-state index >= 15 is 0 Å². The summed E-state index contributed by atoms with van der Waals surface area (Å²) in [4.78, 5) is 0. The van der Waals surface area contributed by atoms with Crippen molar-refractivity contribution in [1.29, 1.82) is 0 Å². The molecule has 8 heavy (non-hydrogen) atoms. The zero-order valence-corrected chi connectivity index (χ0v) is 5.89. The van der Waals surface area contributed by atoms with Gasteiger partial charge in [-0.3, -0.25) is 0 Å². The van der Waals surface area contributed by atoms with Gasteiger partial charge in [-0.05, 0) is 6.42 Å². The third-order valence-electron chi connectivity index (χ3n) is 0.365. The molecule has 0 heterocycles. The highest BCUT2D eigenvalue weighted by molar-refractivity contribution is 4.21. The molecule has 0 bridgehead atoms. The number of hydrogen-bond acceptors (Lipinski definition) is 2. The van der Waals surface area contributed by atoms with E-state index in [4.69, 9.17) is 10.2 Å². The van der Waals surface area contributed by atoms with Crippen molar-refractivity contribution in [3.05, 3.63) is 0 Å². The van der Waals surface area contributed by atoms with Gasteiger partial charge in [-0.25, -0.2) is 0 Å². The molecule has 0 aliphatic carbocycles. The first-order chi connectivity index (χ1) is 3.68. The molecule has 0 fully saturated rings. The molecule has 0 rings (SSSR count). The Morgan fingerprint density at radius 2 is 1.25 bits per heavy atom. The normalized spacial score (nSPS) is 8.25. The van der Waals surface area contributed by atoms with Crippen LogP contribution in [0, 0.1) is 0 Å². The summed E-state index contributed by atoms with van der Waals surface area (Å²) < 4.78 is 0. The first-order valence-electron chi connectivity index (χ1n) is 3.05. The smallest absolute Gasteiger partial charge is 0.151 e. The SMILES string of the molecule is CCC.CCC(O)O. The summed E-state index contributed by atoms with van der Waals surface area (Å²) in [5.74, 6) is 0. The van der Waals surface area contributed by atoms with Crippen LogP contribution in [-0.4, -0.2) is 16.5 Å². The zero-order chi connectivity index (χ0) is 6.99. The van der Waals surface area contributed by atoms with Gasteiger partial charge >= 0.3 is 0 Å². The number of hydrogen-bond donors (Lipinski definition) is 2. The first-order valence-corrected chi connectivity index (χ1v) is 3.05. The quantitative estimate of drug-likeness (QED) is 0.509. The largest absolute Gasteiger partial charge is 0.368 e. The van der Waals surface area contributed by atoms with Crippen molar-refractivity contribution in [2.24, 2.45) is 0 Å². The minimum absolute atomic E-state index is 0.417. The molecule has 0 spiro atoms. The molecule has 0 aromatic rings. The van der Waals surface area contributed by atoms with Crippen LogP contribution in [0.2, 0.25) is 0 Å². The molecule has 0 aromatic heterocycles. The van der Waals surface area contributed by atoms with Crippen molar-refractivity contribution >= 4 is 0 Å². The third kappa shape index (κ3) is 38.9. The third-order valence-corrected chi connectivity index (χ3v) is 0.365. The molecule has 0 aliphatic heterocycles. The van der Waals surface area contributed by atoms with Crippen LogP contribution >= 0.6 is 0 Å². The Bertz CT molecular complexity index is 27.7. The highest BCUT2D eigenvalue weighted by Crippen LogP contribution is 1.77. The molecule has 0 radical (unpaired) electrons.